The Morgan fingerprint density at radius 2 is 2.17 bits per heavy atom. The number of nitrogens with one attached hydrogen (secondary N) is 1. The smallest absolute Gasteiger partial charge is 0.326 e. The van der Waals surface area contributed by atoms with Gasteiger partial charge in [0.1, 0.15) is 11.9 Å². The molecule has 0 radical (unpaired) electrons. The van der Waals surface area contributed by atoms with Crippen LogP contribution in [-0.2, 0) is 4.79 Å². The standard InChI is InChI=1S/C12H13BrFNO3/c1-2-3-10(12(17)18)15-11(16)7-4-5-9(14)8(13)6-7/h4-6,10H,2-3H2,1H3,(H,15,16)(H,17,18)/t10-/m1/s1. The molecule has 0 spiro atoms. The number of carbonyl (C=O) groups excluding carboxylic acids is 1. The summed E-state index contributed by atoms with van der Waals surface area (Å²) in [5.41, 5.74) is 0.214. The predicted octanol–water partition coefficient (Wildman–Crippen LogP) is 2.57. The van der Waals surface area contributed by atoms with Gasteiger partial charge >= 0.3 is 5.97 Å². The maximum atomic E-state index is 13.0. The molecule has 1 aromatic rings. The molecule has 1 amide bonds. The van der Waals surface area contributed by atoms with Gasteiger partial charge in [0.2, 0.25) is 0 Å². The highest BCUT2D eigenvalue weighted by Gasteiger charge is 2.19. The van der Waals surface area contributed by atoms with Crippen LogP contribution in [0.25, 0.3) is 0 Å². The lowest BCUT2D eigenvalue weighted by Gasteiger charge is -2.13. The quantitative estimate of drug-likeness (QED) is 0.877. The lowest BCUT2D eigenvalue weighted by Crippen LogP contribution is -2.40. The van der Waals surface area contributed by atoms with Crippen LogP contribution < -0.4 is 5.32 Å². The van der Waals surface area contributed by atoms with Crippen molar-refractivity contribution >= 4 is 27.8 Å². The molecule has 18 heavy (non-hydrogen) atoms. The van der Waals surface area contributed by atoms with Crippen molar-refractivity contribution in [1.82, 2.24) is 5.32 Å². The Balaban J connectivity index is 2.80. The van der Waals surface area contributed by atoms with Crippen LogP contribution in [-0.4, -0.2) is 23.0 Å². The first-order valence-electron chi connectivity index (χ1n) is 5.44. The first-order valence-corrected chi connectivity index (χ1v) is 6.23. The molecule has 0 fully saturated rings. The van der Waals surface area contributed by atoms with Crippen LogP contribution >= 0.6 is 15.9 Å². The molecule has 0 saturated carbocycles. The second-order valence-electron chi connectivity index (χ2n) is 3.78. The molecule has 98 valence electrons. The molecule has 1 aromatic carbocycles. The van der Waals surface area contributed by atoms with E-state index in [1.54, 1.807) is 0 Å². The molecule has 0 heterocycles. The lowest BCUT2D eigenvalue weighted by molar-refractivity contribution is -0.139. The van der Waals surface area contributed by atoms with Crippen molar-refractivity contribution in [1.29, 1.82) is 0 Å². The molecular weight excluding hydrogens is 305 g/mol. The molecule has 2 N–H and O–H groups in total. The summed E-state index contributed by atoms with van der Waals surface area (Å²) in [6.45, 7) is 1.83. The Labute approximate surface area is 112 Å². The van der Waals surface area contributed by atoms with Gasteiger partial charge in [0.05, 0.1) is 4.47 Å². The van der Waals surface area contributed by atoms with Crippen molar-refractivity contribution in [3.63, 3.8) is 0 Å². The van der Waals surface area contributed by atoms with Gasteiger partial charge in [-0.2, -0.15) is 0 Å². The molecular formula is C12H13BrFNO3. The fourth-order valence-corrected chi connectivity index (χ4v) is 1.80. The van der Waals surface area contributed by atoms with E-state index >= 15 is 0 Å². The molecule has 1 rings (SSSR count). The van der Waals surface area contributed by atoms with Crippen LogP contribution in [0.2, 0.25) is 0 Å². The van der Waals surface area contributed by atoms with Gasteiger partial charge in [0.15, 0.2) is 0 Å². The van der Waals surface area contributed by atoms with Gasteiger partial charge in [-0.15, -0.1) is 0 Å². The number of benzene rings is 1. The van der Waals surface area contributed by atoms with Gasteiger partial charge in [-0.3, -0.25) is 4.79 Å². The van der Waals surface area contributed by atoms with E-state index < -0.39 is 23.7 Å². The third-order valence-corrected chi connectivity index (χ3v) is 2.97. The van der Waals surface area contributed by atoms with E-state index in [0.29, 0.717) is 12.8 Å². The Kier molecular flexibility index (Phi) is 5.27. The summed E-state index contributed by atoms with van der Waals surface area (Å²) < 4.78 is 13.2. The topological polar surface area (TPSA) is 66.4 Å². The third-order valence-electron chi connectivity index (χ3n) is 2.36. The van der Waals surface area contributed by atoms with E-state index in [2.05, 4.69) is 21.2 Å². The Morgan fingerprint density at radius 3 is 2.67 bits per heavy atom. The highest BCUT2D eigenvalue weighted by Crippen LogP contribution is 2.17. The maximum absolute atomic E-state index is 13.0. The zero-order valence-electron chi connectivity index (χ0n) is 9.74. The molecule has 0 aliphatic rings. The van der Waals surface area contributed by atoms with E-state index in [4.69, 9.17) is 5.11 Å². The van der Waals surface area contributed by atoms with Gasteiger partial charge in [0.25, 0.3) is 5.91 Å². The fraction of sp³-hybridized carbons (Fsp3) is 0.333. The number of amides is 1. The second-order valence-corrected chi connectivity index (χ2v) is 4.64. The molecule has 6 heteroatoms. The minimum absolute atomic E-state index is 0.164. The summed E-state index contributed by atoms with van der Waals surface area (Å²) in [7, 11) is 0. The van der Waals surface area contributed by atoms with E-state index in [1.807, 2.05) is 6.92 Å². The summed E-state index contributed by atoms with van der Waals surface area (Å²) in [5, 5.41) is 11.3. The second kappa shape index (κ2) is 6.49. The van der Waals surface area contributed by atoms with Gasteiger partial charge in [-0.25, -0.2) is 9.18 Å². The Hall–Kier alpha value is -1.43. The minimum Gasteiger partial charge on any atom is -0.480 e. The van der Waals surface area contributed by atoms with E-state index in [0.717, 1.165) is 6.07 Å². The summed E-state index contributed by atoms with van der Waals surface area (Å²) in [6.07, 6.45) is 0.994. The zero-order chi connectivity index (χ0) is 13.7. The number of aliphatic carboxylic acids is 1. The number of carboxylic acids is 1. The van der Waals surface area contributed by atoms with Crippen molar-refractivity contribution in [3.8, 4) is 0 Å². The maximum Gasteiger partial charge on any atom is 0.326 e. The lowest BCUT2D eigenvalue weighted by atomic mass is 10.1. The van der Waals surface area contributed by atoms with Gasteiger partial charge in [0, 0.05) is 5.56 Å². The normalized spacial score (nSPS) is 11.9. The number of hydrogen-bond acceptors (Lipinski definition) is 2. The van der Waals surface area contributed by atoms with Gasteiger partial charge < -0.3 is 10.4 Å². The Bertz CT molecular complexity index is 465. The van der Waals surface area contributed by atoms with Crippen LogP contribution in [0, 0.1) is 5.82 Å². The highest BCUT2D eigenvalue weighted by molar-refractivity contribution is 9.10. The van der Waals surface area contributed by atoms with Gasteiger partial charge in [-0.1, -0.05) is 13.3 Å². The molecule has 0 aromatic heterocycles. The number of carboxylic acid groups (broad SMARTS) is 1. The van der Waals surface area contributed by atoms with Crippen LogP contribution in [0.4, 0.5) is 4.39 Å². The van der Waals surface area contributed by atoms with Crippen molar-refractivity contribution < 1.29 is 19.1 Å². The SMILES string of the molecule is CCC[C@@H](NC(=O)c1ccc(F)c(Br)c1)C(=O)O. The van der Waals surface area contributed by atoms with Crippen molar-refractivity contribution in [2.45, 2.75) is 25.8 Å². The molecule has 0 saturated heterocycles. The molecule has 0 aliphatic heterocycles. The number of halogens is 2. The molecule has 1 atom stereocenters. The number of hydrogen-bond donors (Lipinski definition) is 2. The summed E-state index contributed by atoms with van der Waals surface area (Å²) in [6, 6.07) is 2.84. The van der Waals surface area contributed by atoms with Crippen LogP contribution in [0.1, 0.15) is 30.1 Å². The summed E-state index contributed by atoms with van der Waals surface area (Å²) in [5.74, 6) is -2.09. The average molecular weight is 318 g/mol. The van der Waals surface area contributed by atoms with Crippen LogP contribution in [0.3, 0.4) is 0 Å². The molecule has 0 unspecified atom stereocenters. The average Bonchev–Trinajstić information content (AvgIpc) is 2.31. The molecule has 4 nitrogen and oxygen atoms in total. The largest absolute Gasteiger partial charge is 0.480 e. The third kappa shape index (κ3) is 3.80. The number of rotatable bonds is 5. The van der Waals surface area contributed by atoms with Crippen molar-refractivity contribution in [2.24, 2.45) is 0 Å². The van der Waals surface area contributed by atoms with Crippen LogP contribution in [0.5, 0.6) is 0 Å². The van der Waals surface area contributed by atoms with E-state index in [1.165, 1.54) is 12.1 Å². The first kappa shape index (κ1) is 14.6. The van der Waals surface area contributed by atoms with E-state index in [9.17, 15) is 14.0 Å². The monoisotopic (exact) mass is 317 g/mol. The first-order chi connectivity index (χ1) is 8.45. The van der Waals surface area contributed by atoms with Crippen LogP contribution in [0.15, 0.2) is 22.7 Å². The summed E-state index contributed by atoms with van der Waals surface area (Å²) >= 11 is 2.97. The molecule has 0 bridgehead atoms. The van der Waals surface area contributed by atoms with Crippen molar-refractivity contribution in [2.75, 3.05) is 0 Å². The highest BCUT2D eigenvalue weighted by atomic mass is 79.9. The minimum atomic E-state index is -1.08. The summed E-state index contributed by atoms with van der Waals surface area (Å²) in [4.78, 5) is 22.7. The fourth-order valence-electron chi connectivity index (χ4n) is 1.43. The molecule has 0 aliphatic carbocycles. The number of carbonyl (C=O) groups is 2. The Morgan fingerprint density at radius 1 is 1.50 bits per heavy atom. The zero-order valence-corrected chi connectivity index (χ0v) is 11.3. The van der Waals surface area contributed by atoms with Gasteiger partial charge in [-0.05, 0) is 40.5 Å². The van der Waals surface area contributed by atoms with E-state index in [-0.39, 0.29) is 10.0 Å². The van der Waals surface area contributed by atoms with Crippen molar-refractivity contribution in [3.05, 3.63) is 34.1 Å². The predicted molar refractivity (Wildman–Crippen MR) is 67.9 cm³/mol.